The van der Waals surface area contributed by atoms with Crippen LogP contribution in [0.5, 0.6) is 0 Å². The van der Waals surface area contributed by atoms with Crippen molar-refractivity contribution in [3.63, 3.8) is 0 Å². The van der Waals surface area contributed by atoms with Crippen LogP contribution in [0.25, 0.3) is 0 Å². The van der Waals surface area contributed by atoms with E-state index < -0.39 is 12.2 Å². The lowest BCUT2D eigenvalue weighted by Crippen LogP contribution is -2.47. The number of hydrogen-bond donors (Lipinski definition) is 2. The van der Waals surface area contributed by atoms with Crippen LogP contribution in [0.1, 0.15) is 4.88 Å². The zero-order chi connectivity index (χ0) is 9.90. The summed E-state index contributed by atoms with van der Waals surface area (Å²) in [6.07, 6.45) is -4.41. The molecule has 0 saturated heterocycles. The monoisotopic (exact) mass is 210 g/mol. The third kappa shape index (κ3) is 2.98. The summed E-state index contributed by atoms with van der Waals surface area (Å²) in [5, 5.41) is 1.74. The van der Waals surface area contributed by atoms with Crippen LogP contribution in [0.2, 0.25) is 0 Å². The summed E-state index contributed by atoms with van der Waals surface area (Å²) in [6, 6.07) is 1.70. The Morgan fingerprint density at radius 2 is 2.23 bits per heavy atom. The molecule has 1 aromatic heterocycles. The van der Waals surface area contributed by atoms with Crippen LogP contribution in [-0.4, -0.2) is 12.2 Å². The molecule has 13 heavy (non-hydrogen) atoms. The van der Waals surface area contributed by atoms with E-state index in [9.17, 15) is 13.2 Å². The van der Waals surface area contributed by atoms with Gasteiger partial charge in [-0.25, -0.2) is 5.43 Å². The van der Waals surface area contributed by atoms with Crippen LogP contribution in [0.3, 0.4) is 0 Å². The summed E-state index contributed by atoms with van der Waals surface area (Å²) in [5.74, 6) is 4.81. The average Bonchev–Trinajstić information content (AvgIpc) is 2.49. The maximum Gasteiger partial charge on any atom is 0.405 e. The highest BCUT2D eigenvalue weighted by Gasteiger charge is 2.38. The topological polar surface area (TPSA) is 38.0 Å². The van der Waals surface area contributed by atoms with Crippen molar-refractivity contribution in [1.29, 1.82) is 0 Å². The van der Waals surface area contributed by atoms with Gasteiger partial charge in [0.1, 0.15) is 6.04 Å². The number of nitrogens with one attached hydrogen (secondary N) is 1. The SMILES string of the molecule is NNC(Cc1cccs1)C(F)(F)F. The largest absolute Gasteiger partial charge is 0.405 e. The molecule has 0 aliphatic heterocycles. The number of alkyl halides is 3. The van der Waals surface area contributed by atoms with Gasteiger partial charge in [-0.05, 0) is 11.4 Å². The second-order valence-corrected chi connectivity index (χ2v) is 3.58. The molecular weight excluding hydrogens is 201 g/mol. The maximum absolute atomic E-state index is 12.2. The van der Waals surface area contributed by atoms with E-state index in [1.807, 2.05) is 0 Å². The quantitative estimate of drug-likeness (QED) is 0.588. The molecule has 0 radical (unpaired) electrons. The number of hydrogen-bond acceptors (Lipinski definition) is 3. The van der Waals surface area contributed by atoms with Gasteiger partial charge in [-0.3, -0.25) is 5.84 Å². The Kier molecular flexibility index (Phi) is 3.29. The Balaban J connectivity index is 2.60. The summed E-state index contributed by atoms with van der Waals surface area (Å²) >= 11 is 1.29. The van der Waals surface area contributed by atoms with Crippen LogP contribution in [-0.2, 0) is 6.42 Å². The Labute approximate surface area is 77.5 Å². The molecule has 1 aromatic rings. The molecule has 1 rings (SSSR count). The fourth-order valence-corrected chi connectivity index (χ4v) is 1.65. The fourth-order valence-electron chi connectivity index (χ4n) is 0.899. The lowest BCUT2D eigenvalue weighted by Gasteiger charge is -2.18. The Bertz CT molecular complexity index is 245. The van der Waals surface area contributed by atoms with Crippen molar-refractivity contribution in [2.24, 2.45) is 5.84 Å². The van der Waals surface area contributed by atoms with Gasteiger partial charge in [-0.15, -0.1) is 11.3 Å². The van der Waals surface area contributed by atoms with E-state index in [1.54, 1.807) is 22.9 Å². The molecule has 1 atom stereocenters. The van der Waals surface area contributed by atoms with Gasteiger partial charge in [0.2, 0.25) is 0 Å². The van der Waals surface area contributed by atoms with Crippen LogP contribution in [0.4, 0.5) is 13.2 Å². The van der Waals surface area contributed by atoms with Gasteiger partial charge in [0.15, 0.2) is 0 Å². The number of nitrogens with two attached hydrogens (primary N) is 1. The molecule has 0 aromatic carbocycles. The minimum atomic E-state index is -4.29. The van der Waals surface area contributed by atoms with E-state index in [2.05, 4.69) is 0 Å². The van der Waals surface area contributed by atoms with Gasteiger partial charge < -0.3 is 0 Å². The van der Waals surface area contributed by atoms with E-state index >= 15 is 0 Å². The van der Waals surface area contributed by atoms with Crippen molar-refractivity contribution in [3.8, 4) is 0 Å². The second kappa shape index (κ2) is 4.08. The van der Waals surface area contributed by atoms with Crippen molar-refractivity contribution in [2.45, 2.75) is 18.6 Å². The molecular formula is C7H9F3N2S. The highest BCUT2D eigenvalue weighted by atomic mass is 32.1. The Morgan fingerprint density at radius 3 is 2.62 bits per heavy atom. The van der Waals surface area contributed by atoms with E-state index in [0.29, 0.717) is 4.88 Å². The third-order valence-electron chi connectivity index (χ3n) is 1.58. The zero-order valence-corrected chi connectivity index (χ0v) is 7.45. The van der Waals surface area contributed by atoms with Crippen LogP contribution in [0.15, 0.2) is 17.5 Å². The number of thiophene rings is 1. The first-order chi connectivity index (χ1) is 6.04. The number of hydrazine groups is 1. The maximum atomic E-state index is 12.2. The van der Waals surface area contributed by atoms with Gasteiger partial charge >= 0.3 is 6.18 Å². The van der Waals surface area contributed by atoms with Gasteiger partial charge in [0.25, 0.3) is 0 Å². The van der Waals surface area contributed by atoms with Gasteiger partial charge in [-0.2, -0.15) is 13.2 Å². The molecule has 0 spiro atoms. The Hall–Kier alpha value is -0.590. The first kappa shape index (κ1) is 10.5. The fraction of sp³-hybridized carbons (Fsp3) is 0.429. The number of rotatable bonds is 3. The molecule has 0 amide bonds. The second-order valence-electron chi connectivity index (χ2n) is 2.54. The molecule has 1 unspecified atom stereocenters. The molecule has 0 saturated carbocycles. The van der Waals surface area contributed by atoms with Crippen molar-refractivity contribution < 1.29 is 13.2 Å². The average molecular weight is 210 g/mol. The van der Waals surface area contributed by atoms with E-state index in [-0.39, 0.29) is 6.42 Å². The van der Waals surface area contributed by atoms with Crippen LogP contribution >= 0.6 is 11.3 Å². The van der Waals surface area contributed by atoms with Gasteiger partial charge in [0.05, 0.1) is 0 Å². The molecule has 0 fully saturated rings. The van der Waals surface area contributed by atoms with Crippen molar-refractivity contribution in [3.05, 3.63) is 22.4 Å². The van der Waals surface area contributed by atoms with E-state index in [0.717, 1.165) is 0 Å². The highest BCUT2D eigenvalue weighted by Crippen LogP contribution is 2.23. The molecule has 1 heterocycles. The summed E-state index contributed by atoms with van der Waals surface area (Å²) < 4.78 is 36.5. The predicted molar refractivity (Wildman–Crippen MR) is 45.2 cm³/mol. The molecule has 0 aliphatic rings. The zero-order valence-electron chi connectivity index (χ0n) is 6.64. The van der Waals surface area contributed by atoms with E-state index in [4.69, 9.17) is 5.84 Å². The lowest BCUT2D eigenvalue weighted by atomic mass is 10.2. The van der Waals surface area contributed by atoms with E-state index in [1.165, 1.54) is 11.3 Å². The summed E-state index contributed by atoms with van der Waals surface area (Å²) in [7, 11) is 0. The van der Waals surface area contributed by atoms with Crippen molar-refractivity contribution in [1.82, 2.24) is 5.43 Å². The normalized spacial score (nSPS) is 14.5. The van der Waals surface area contributed by atoms with Crippen molar-refractivity contribution in [2.75, 3.05) is 0 Å². The predicted octanol–water partition coefficient (Wildman–Crippen LogP) is 1.68. The van der Waals surface area contributed by atoms with Crippen molar-refractivity contribution >= 4 is 11.3 Å². The summed E-state index contributed by atoms with van der Waals surface area (Å²) in [5.41, 5.74) is 1.76. The smallest absolute Gasteiger partial charge is 0.271 e. The molecule has 0 aliphatic carbocycles. The summed E-state index contributed by atoms with van der Waals surface area (Å²) in [4.78, 5) is 0.667. The Morgan fingerprint density at radius 1 is 1.54 bits per heavy atom. The minimum absolute atomic E-state index is 0.113. The number of halogens is 3. The standard InChI is InChI=1S/C7H9F3N2S/c8-7(9,10)6(12-11)4-5-2-1-3-13-5/h1-3,6,12H,4,11H2. The molecule has 6 heteroatoms. The molecule has 2 nitrogen and oxygen atoms in total. The minimum Gasteiger partial charge on any atom is -0.271 e. The lowest BCUT2D eigenvalue weighted by molar-refractivity contribution is -0.155. The third-order valence-corrected chi connectivity index (χ3v) is 2.48. The summed E-state index contributed by atoms with van der Waals surface area (Å²) in [6.45, 7) is 0. The molecule has 0 bridgehead atoms. The van der Waals surface area contributed by atoms with Crippen LogP contribution in [0, 0.1) is 0 Å². The first-order valence-corrected chi connectivity index (χ1v) is 4.47. The molecule has 3 N–H and O–H groups in total. The van der Waals surface area contributed by atoms with Gasteiger partial charge in [-0.1, -0.05) is 6.07 Å². The van der Waals surface area contributed by atoms with Gasteiger partial charge in [0, 0.05) is 11.3 Å². The molecule has 74 valence electrons. The highest BCUT2D eigenvalue weighted by molar-refractivity contribution is 7.09. The first-order valence-electron chi connectivity index (χ1n) is 3.59. The van der Waals surface area contributed by atoms with Crippen LogP contribution < -0.4 is 11.3 Å².